The Labute approximate surface area is 111 Å². The molecule has 0 aliphatic carbocycles. The van der Waals surface area contributed by atoms with E-state index in [0.717, 1.165) is 12.1 Å². The number of hydrogen-bond donors (Lipinski definition) is 3. The van der Waals surface area contributed by atoms with Crippen molar-refractivity contribution in [2.45, 2.75) is 24.8 Å². The number of hydrogen-bond acceptors (Lipinski definition) is 3. The highest BCUT2D eigenvalue weighted by Gasteiger charge is 2.32. The molecule has 19 heavy (non-hydrogen) atoms. The van der Waals surface area contributed by atoms with Gasteiger partial charge in [0.25, 0.3) is 0 Å². The zero-order valence-corrected chi connectivity index (χ0v) is 10.1. The quantitative estimate of drug-likeness (QED) is 0.796. The number of aliphatic hydroxyl groups is 2. The molecule has 0 aromatic heterocycles. The Hall–Kier alpha value is -1.31. The van der Waals surface area contributed by atoms with Crippen molar-refractivity contribution in [3.05, 3.63) is 34.3 Å². The molecule has 106 valence electrons. The Morgan fingerprint density at radius 3 is 2.37 bits per heavy atom. The summed E-state index contributed by atoms with van der Waals surface area (Å²) in [7, 11) is 0. The number of benzene rings is 1. The van der Waals surface area contributed by atoms with E-state index in [9.17, 15) is 28.2 Å². The molecule has 4 nitrogen and oxygen atoms in total. The maximum absolute atomic E-state index is 12.5. The summed E-state index contributed by atoms with van der Waals surface area (Å²) in [5.41, 5.74) is -1.42. The molecule has 0 aliphatic heterocycles. The number of carbonyl (C=O) groups is 1. The summed E-state index contributed by atoms with van der Waals surface area (Å²) in [6.07, 6.45) is -9.01. The van der Waals surface area contributed by atoms with Gasteiger partial charge in [-0.15, -0.1) is 0 Å². The Morgan fingerprint density at radius 1 is 1.32 bits per heavy atom. The lowest BCUT2D eigenvalue weighted by atomic mass is 10.00. The van der Waals surface area contributed by atoms with Crippen LogP contribution in [0.4, 0.5) is 13.2 Å². The Morgan fingerprint density at radius 2 is 1.89 bits per heavy atom. The molecule has 0 spiro atoms. The van der Waals surface area contributed by atoms with Gasteiger partial charge in [0.1, 0.15) is 6.10 Å². The fraction of sp³-hybridized carbons (Fsp3) is 0.364. The lowest BCUT2D eigenvalue weighted by Gasteiger charge is -2.19. The van der Waals surface area contributed by atoms with Crippen LogP contribution in [0.25, 0.3) is 0 Å². The zero-order valence-electron chi connectivity index (χ0n) is 9.36. The van der Waals surface area contributed by atoms with Crippen LogP contribution in [0.3, 0.4) is 0 Å². The summed E-state index contributed by atoms with van der Waals surface area (Å²) < 4.78 is 37.5. The van der Waals surface area contributed by atoms with Crippen LogP contribution in [0, 0.1) is 0 Å². The minimum absolute atomic E-state index is 0.190. The maximum Gasteiger partial charge on any atom is 0.416 e. The van der Waals surface area contributed by atoms with Crippen LogP contribution in [0.5, 0.6) is 0 Å². The molecule has 2 atom stereocenters. The molecule has 0 saturated heterocycles. The fourth-order valence-electron chi connectivity index (χ4n) is 1.44. The van der Waals surface area contributed by atoms with E-state index in [2.05, 4.69) is 0 Å². The molecule has 0 saturated carbocycles. The first-order valence-corrected chi connectivity index (χ1v) is 5.45. The van der Waals surface area contributed by atoms with E-state index in [4.69, 9.17) is 16.7 Å². The maximum atomic E-state index is 12.5. The van der Waals surface area contributed by atoms with E-state index in [1.165, 1.54) is 0 Å². The lowest BCUT2D eigenvalue weighted by molar-refractivity contribution is -0.141. The monoisotopic (exact) mass is 298 g/mol. The molecule has 0 radical (unpaired) electrons. The topological polar surface area (TPSA) is 77.8 Å². The van der Waals surface area contributed by atoms with Crippen LogP contribution < -0.4 is 0 Å². The van der Waals surface area contributed by atoms with Crippen LogP contribution in [-0.4, -0.2) is 27.4 Å². The highest BCUT2D eigenvalue weighted by atomic mass is 35.5. The molecule has 0 amide bonds. The highest BCUT2D eigenvalue weighted by Crippen LogP contribution is 2.34. The van der Waals surface area contributed by atoms with Gasteiger partial charge in [-0.2, -0.15) is 13.2 Å². The normalized spacial score (nSPS) is 15.1. The summed E-state index contributed by atoms with van der Waals surface area (Å²) >= 11 is 5.64. The van der Waals surface area contributed by atoms with Crippen molar-refractivity contribution >= 4 is 17.6 Å². The van der Waals surface area contributed by atoms with Crippen molar-refractivity contribution in [3.63, 3.8) is 0 Å². The number of aliphatic hydroxyl groups excluding tert-OH is 2. The van der Waals surface area contributed by atoms with E-state index in [1.54, 1.807) is 0 Å². The predicted octanol–water partition coefficient (Wildman–Crippen LogP) is 2.23. The SMILES string of the molecule is O=C(O)CC(O)C(O)c1cc(C(F)(F)F)ccc1Cl. The molecule has 1 aromatic carbocycles. The van der Waals surface area contributed by atoms with Crippen LogP contribution in [0.2, 0.25) is 5.02 Å². The average Bonchev–Trinajstić information content (AvgIpc) is 2.26. The number of rotatable bonds is 4. The molecule has 0 bridgehead atoms. The molecular formula is C11H10ClF3O4. The second kappa shape index (κ2) is 5.77. The third kappa shape index (κ3) is 4.09. The fourth-order valence-corrected chi connectivity index (χ4v) is 1.67. The van der Waals surface area contributed by atoms with E-state index >= 15 is 0 Å². The van der Waals surface area contributed by atoms with Gasteiger partial charge in [0, 0.05) is 10.6 Å². The molecule has 1 aromatic rings. The van der Waals surface area contributed by atoms with Crippen molar-refractivity contribution in [1.82, 2.24) is 0 Å². The van der Waals surface area contributed by atoms with Gasteiger partial charge in [0.15, 0.2) is 0 Å². The van der Waals surface area contributed by atoms with E-state index in [0.29, 0.717) is 6.07 Å². The number of carboxylic acids is 1. The molecular weight excluding hydrogens is 289 g/mol. The highest BCUT2D eigenvalue weighted by molar-refractivity contribution is 6.31. The molecule has 2 unspecified atom stereocenters. The summed E-state index contributed by atoms with van der Waals surface area (Å²) in [5, 5.41) is 27.3. The first-order chi connectivity index (χ1) is 8.62. The minimum atomic E-state index is -4.63. The second-order valence-corrected chi connectivity index (χ2v) is 4.25. The summed E-state index contributed by atoms with van der Waals surface area (Å²) in [4.78, 5) is 10.4. The van der Waals surface area contributed by atoms with Crippen molar-refractivity contribution in [2.75, 3.05) is 0 Å². The number of alkyl halides is 3. The van der Waals surface area contributed by atoms with E-state index in [1.807, 2.05) is 0 Å². The largest absolute Gasteiger partial charge is 0.481 e. The summed E-state index contributed by atoms with van der Waals surface area (Å²) in [6.45, 7) is 0. The van der Waals surface area contributed by atoms with Crippen molar-refractivity contribution < 1.29 is 33.3 Å². The predicted molar refractivity (Wildman–Crippen MR) is 59.7 cm³/mol. The molecule has 0 fully saturated rings. The second-order valence-electron chi connectivity index (χ2n) is 3.84. The van der Waals surface area contributed by atoms with Gasteiger partial charge in [-0.3, -0.25) is 4.79 Å². The number of carboxylic acid groups (broad SMARTS) is 1. The van der Waals surface area contributed by atoms with Gasteiger partial charge >= 0.3 is 12.1 Å². The Bertz CT molecular complexity index is 475. The van der Waals surface area contributed by atoms with Gasteiger partial charge in [-0.05, 0) is 18.2 Å². The Kier molecular flexibility index (Phi) is 4.78. The Balaban J connectivity index is 3.08. The summed E-state index contributed by atoms with van der Waals surface area (Å²) in [6, 6.07) is 2.23. The molecule has 1 rings (SSSR count). The van der Waals surface area contributed by atoms with Crippen LogP contribution in [0.1, 0.15) is 23.7 Å². The van der Waals surface area contributed by atoms with Gasteiger partial charge in [0.2, 0.25) is 0 Å². The van der Waals surface area contributed by atoms with Crippen molar-refractivity contribution in [1.29, 1.82) is 0 Å². The lowest BCUT2D eigenvalue weighted by Crippen LogP contribution is -2.22. The smallest absolute Gasteiger partial charge is 0.416 e. The standard InChI is InChI=1S/C11H10ClF3O4/c12-7-2-1-5(11(13,14)15)3-6(7)10(19)8(16)4-9(17)18/h1-3,8,10,16,19H,4H2,(H,17,18). The van der Waals surface area contributed by atoms with E-state index in [-0.39, 0.29) is 10.6 Å². The van der Waals surface area contributed by atoms with Gasteiger partial charge in [-0.25, -0.2) is 0 Å². The zero-order chi connectivity index (χ0) is 14.8. The van der Waals surface area contributed by atoms with Crippen LogP contribution >= 0.6 is 11.6 Å². The number of halogens is 4. The van der Waals surface area contributed by atoms with Crippen molar-refractivity contribution in [3.8, 4) is 0 Å². The van der Waals surface area contributed by atoms with Gasteiger partial charge < -0.3 is 15.3 Å². The van der Waals surface area contributed by atoms with Crippen LogP contribution in [0.15, 0.2) is 18.2 Å². The minimum Gasteiger partial charge on any atom is -0.481 e. The molecule has 0 heterocycles. The van der Waals surface area contributed by atoms with Gasteiger partial charge in [-0.1, -0.05) is 11.6 Å². The number of aliphatic carboxylic acids is 1. The van der Waals surface area contributed by atoms with Crippen LogP contribution in [-0.2, 0) is 11.0 Å². The molecule has 0 aliphatic rings. The van der Waals surface area contributed by atoms with E-state index < -0.39 is 36.3 Å². The average molecular weight is 299 g/mol. The van der Waals surface area contributed by atoms with Crippen molar-refractivity contribution in [2.24, 2.45) is 0 Å². The third-order valence-corrected chi connectivity index (χ3v) is 2.73. The summed E-state index contributed by atoms with van der Waals surface area (Å²) in [5.74, 6) is -1.39. The molecule has 8 heteroatoms. The third-order valence-electron chi connectivity index (χ3n) is 2.39. The first-order valence-electron chi connectivity index (χ1n) is 5.07. The first kappa shape index (κ1) is 15.7. The van der Waals surface area contributed by atoms with Gasteiger partial charge in [0.05, 0.1) is 18.1 Å². The molecule has 3 N–H and O–H groups in total.